The van der Waals surface area contributed by atoms with E-state index in [9.17, 15) is 0 Å². The van der Waals surface area contributed by atoms with Crippen LogP contribution in [0, 0.1) is 0 Å². The molecule has 0 aliphatic rings. The van der Waals surface area contributed by atoms with Crippen molar-refractivity contribution in [2.45, 2.75) is 0 Å². The van der Waals surface area contributed by atoms with Gasteiger partial charge in [0.15, 0.2) is 0 Å². The van der Waals surface area contributed by atoms with E-state index in [1.165, 1.54) is 0 Å². The second kappa shape index (κ2) is 38.6. The predicted molar refractivity (Wildman–Crippen MR) is 1.37 cm³/mol. The molecule has 2 radical (unpaired) electrons. The molecule has 2 nitrogen and oxygen atoms in total. The molecule has 0 bridgehead atoms. The summed E-state index contributed by atoms with van der Waals surface area (Å²) in [4.78, 5) is 0. The monoisotopic (exact) mass is 508 g/mol. The van der Waals surface area contributed by atoms with Crippen molar-refractivity contribution >= 4 is 0 Å². The van der Waals surface area contributed by atoms with Crippen LogP contribution in [0.1, 0.15) is 0 Å². The molecule has 5 heteroatoms. The minimum Gasteiger partial charge on any atom is -2.00 e. The molecule has 0 aliphatic carbocycles. The van der Waals surface area contributed by atoms with Crippen molar-refractivity contribution in [3.63, 3.8) is 0 Å². The van der Waals surface area contributed by atoms with Crippen LogP contribution in [0.15, 0.2) is 0 Å². The van der Waals surface area contributed by atoms with Crippen molar-refractivity contribution in [2.75, 3.05) is 0 Å². The molecule has 0 aliphatic heterocycles. The molecule has 5 heavy (non-hydrogen) atoms. The first-order valence-corrected chi connectivity index (χ1v) is 0. The maximum atomic E-state index is 0. The molecule has 0 fully saturated rings. The van der Waals surface area contributed by atoms with E-state index >= 15 is 0 Å². The average Bonchev–Trinajstić information content (AvgIpc) is 0. The summed E-state index contributed by atoms with van der Waals surface area (Å²) < 4.78 is 0. The quantitative estimate of drug-likeness (QED) is 0.408. The van der Waals surface area contributed by atoms with Gasteiger partial charge >= 0.3 is 20.1 Å². The first-order chi connectivity index (χ1) is 0. The molecule has 0 rings (SSSR count). The van der Waals surface area contributed by atoms with Gasteiger partial charge in [0.05, 0.1) is 0 Å². The van der Waals surface area contributed by atoms with Gasteiger partial charge in [-0.05, 0) is 0 Å². The topological polar surface area (TPSA) is 57.0 Å². The number of rotatable bonds is 0. The van der Waals surface area contributed by atoms with E-state index in [0.717, 1.165) is 0 Å². The zero-order valence-electron chi connectivity index (χ0n) is 1.95. The second-order valence-electron chi connectivity index (χ2n) is 0. The first-order valence-electron chi connectivity index (χ1n) is 0. The van der Waals surface area contributed by atoms with Crippen LogP contribution in [0.25, 0.3) is 0 Å². The van der Waals surface area contributed by atoms with E-state index in [0.29, 0.717) is 0 Å². The Morgan fingerprint density at radius 1 is 0.800 bits per heavy atom. The van der Waals surface area contributed by atoms with Gasteiger partial charge < -0.3 is 11.0 Å². The average molecular weight is 506 g/mol. The van der Waals surface area contributed by atoms with Gasteiger partial charge in [0.1, 0.15) is 0 Å². The fourth-order valence-corrected chi connectivity index (χ4v) is 0. The summed E-state index contributed by atoms with van der Waals surface area (Å²) in [5.74, 6) is 0. The van der Waals surface area contributed by atoms with E-state index in [-0.39, 0.29) is 72.9 Å². The van der Waals surface area contributed by atoms with E-state index < -0.39 is 0 Å². The summed E-state index contributed by atoms with van der Waals surface area (Å²) in [6.45, 7) is 0. The molecule has 0 aromatic heterocycles. The summed E-state index contributed by atoms with van der Waals surface area (Å²) >= 11 is 0. The van der Waals surface area contributed by atoms with E-state index in [2.05, 4.69) is 0 Å². The number of hydrogen-bond donors (Lipinski definition) is 0. The Bertz CT molecular complexity index is 9.61. The normalized spacial score (nSPS) is 0. The molecular weight excluding hydrogens is 506 g/mol. The molecule has 0 spiro atoms. The second-order valence-corrected chi connectivity index (χ2v) is 0. The van der Waals surface area contributed by atoms with Crippen LogP contribution in [-0.2, 0) is 72.9 Å². The van der Waals surface area contributed by atoms with Gasteiger partial charge in [-0.15, -0.1) is 0 Å². The number of hydrogen-bond acceptors (Lipinski definition) is 0. The third-order valence-electron chi connectivity index (χ3n) is 0. The molecule has 34 valence electrons. The minimum atomic E-state index is 0. The molecule has 0 N–H and O–H groups in total. The Balaban J connectivity index is 0. The molecule has 0 unspecified atom stereocenters. The zero-order valence-corrected chi connectivity index (χ0v) is 9.30. The molecule has 0 aromatic rings. The third-order valence-corrected chi connectivity index (χ3v) is 0. The smallest absolute Gasteiger partial charge is 2.00 e. The Kier molecular flexibility index (Phi) is 505. The largest absolute Gasteiger partial charge is 4.00 e. The molecule has 0 heterocycles. The van der Waals surface area contributed by atoms with Crippen molar-refractivity contribution in [1.29, 1.82) is 0 Å². The van der Waals surface area contributed by atoms with Crippen LogP contribution in [0.5, 0.6) is 0 Å². The van der Waals surface area contributed by atoms with Crippen molar-refractivity contribution in [1.82, 2.24) is 0 Å². The van der Waals surface area contributed by atoms with Crippen LogP contribution in [0.4, 0.5) is 0 Å². The Hall–Kier alpha value is 1.93. The van der Waals surface area contributed by atoms with Gasteiger partial charge in [0.25, 0.3) is 0 Å². The van der Waals surface area contributed by atoms with Gasteiger partial charge in [-0.25, -0.2) is 0 Å². The van der Waals surface area contributed by atoms with Crippen LogP contribution in [0.2, 0.25) is 0 Å². The molecule has 0 saturated heterocycles. The third kappa shape index (κ3) is 24.6. The van der Waals surface area contributed by atoms with Crippen LogP contribution >= 0.6 is 0 Å². The Labute approximate surface area is 72.3 Å². The van der Waals surface area contributed by atoms with Crippen molar-refractivity contribution in [2.24, 2.45) is 0 Å². The molecule has 0 aromatic carbocycles. The van der Waals surface area contributed by atoms with Crippen LogP contribution in [0.3, 0.4) is 0 Å². The van der Waals surface area contributed by atoms with Crippen LogP contribution < -0.4 is 0 Å². The van der Waals surface area contributed by atoms with E-state index in [1.54, 1.807) is 0 Å². The standard InChI is InChI=1S/Ir.2O.Ru.Ta/q+4;2*-2;;. The molecule has 0 atom stereocenters. The molecule has 0 amide bonds. The van der Waals surface area contributed by atoms with Crippen LogP contribution in [-0.4, -0.2) is 0 Å². The first kappa shape index (κ1) is 65.3. The fourth-order valence-electron chi connectivity index (χ4n) is 0. The summed E-state index contributed by atoms with van der Waals surface area (Å²) in [5, 5.41) is 0. The summed E-state index contributed by atoms with van der Waals surface area (Å²) in [6.07, 6.45) is 0. The van der Waals surface area contributed by atoms with E-state index in [4.69, 9.17) is 0 Å². The van der Waals surface area contributed by atoms with E-state index in [1.807, 2.05) is 0 Å². The summed E-state index contributed by atoms with van der Waals surface area (Å²) in [5.41, 5.74) is 0. The molecule has 0 saturated carbocycles. The Morgan fingerprint density at radius 2 is 0.800 bits per heavy atom. The van der Waals surface area contributed by atoms with Crippen molar-refractivity contribution < 1.29 is 72.9 Å². The maximum Gasteiger partial charge on any atom is 4.00 e. The van der Waals surface area contributed by atoms with Gasteiger partial charge in [0.2, 0.25) is 0 Å². The van der Waals surface area contributed by atoms with Gasteiger partial charge in [-0.3, -0.25) is 0 Å². The summed E-state index contributed by atoms with van der Waals surface area (Å²) in [6, 6.07) is 0. The fraction of sp³-hybridized carbons (Fsp3) is 0. The van der Waals surface area contributed by atoms with Gasteiger partial charge in [-0.2, -0.15) is 0 Å². The zero-order chi connectivity index (χ0) is 0. The van der Waals surface area contributed by atoms with Crippen molar-refractivity contribution in [3.8, 4) is 0 Å². The SMILES string of the molecule is [Ir+4].[O-2].[O-2].[Ru].[Ta]. The Morgan fingerprint density at radius 3 is 0.800 bits per heavy atom. The van der Waals surface area contributed by atoms with Gasteiger partial charge in [-0.1, -0.05) is 0 Å². The predicted octanol–water partition coefficient (Wildman–Crippen LogP) is -0.245. The molecular formula is IrO2RuTa. The maximum absolute atomic E-state index is 0. The van der Waals surface area contributed by atoms with Gasteiger partial charge in [0, 0.05) is 41.9 Å². The van der Waals surface area contributed by atoms with Crippen molar-refractivity contribution in [3.05, 3.63) is 0 Å². The summed E-state index contributed by atoms with van der Waals surface area (Å²) in [7, 11) is 0. The minimum absolute atomic E-state index is 0.